The zero-order valence-electron chi connectivity index (χ0n) is 10.3. The minimum atomic E-state index is -0.284. The van der Waals surface area contributed by atoms with E-state index in [1.807, 2.05) is 31.2 Å². The summed E-state index contributed by atoms with van der Waals surface area (Å²) in [4.78, 5) is 11.6. The maximum atomic E-state index is 11.6. The zero-order chi connectivity index (χ0) is 12.7. The molecule has 0 fully saturated rings. The Labute approximate surface area is 102 Å². The van der Waals surface area contributed by atoms with Gasteiger partial charge in [0, 0.05) is 0 Å². The van der Waals surface area contributed by atoms with Gasteiger partial charge < -0.3 is 9.47 Å². The first-order valence-corrected chi connectivity index (χ1v) is 5.64. The molecular formula is C14H18O3. The lowest BCUT2D eigenvalue weighted by Gasteiger charge is -2.13. The van der Waals surface area contributed by atoms with E-state index in [1.165, 1.54) is 7.11 Å². The van der Waals surface area contributed by atoms with Crippen LogP contribution in [0.4, 0.5) is 0 Å². The van der Waals surface area contributed by atoms with Crippen molar-refractivity contribution < 1.29 is 14.3 Å². The van der Waals surface area contributed by atoms with E-state index in [4.69, 9.17) is 9.47 Å². The predicted octanol–water partition coefficient (Wildman–Crippen LogP) is 2.92. The number of allylic oxidation sites excluding steroid dienone is 1. The molecule has 1 aromatic rings. The molecule has 0 saturated carbocycles. The molecule has 0 aliphatic carbocycles. The van der Waals surface area contributed by atoms with Crippen LogP contribution >= 0.6 is 0 Å². The van der Waals surface area contributed by atoms with Crippen molar-refractivity contribution in [3.63, 3.8) is 0 Å². The molecule has 0 aliphatic heterocycles. The van der Waals surface area contributed by atoms with Gasteiger partial charge in [0.2, 0.25) is 0 Å². The molecule has 0 spiro atoms. The second-order valence-electron chi connectivity index (χ2n) is 3.60. The molecule has 0 amide bonds. The summed E-state index contributed by atoms with van der Waals surface area (Å²) in [5, 5.41) is 0. The summed E-state index contributed by atoms with van der Waals surface area (Å²) in [6, 6.07) is 7.49. The van der Waals surface area contributed by atoms with Crippen LogP contribution in [0.3, 0.4) is 0 Å². The topological polar surface area (TPSA) is 35.5 Å². The van der Waals surface area contributed by atoms with Gasteiger partial charge in [0.05, 0.1) is 19.6 Å². The first kappa shape index (κ1) is 13.3. The third kappa shape index (κ3) is 3.63. The van der Waals surface area contributed by atoms with Crippen LogP contribution in [0.1, 0.15) is 24.8 Å². The molecule has 3 nitrogen and oxygen atoms in total. The summed E-state index contributed by atoms with van der Waals surface area (Å²) in [6.45, 7) is 6.22. The fourth-order valence-electron chi connectivity index (χ4n) is 1.64. The third-order valence-electron chi connectivity index (χ3n) is 2.48. The Morgan fingerprint density at radius 3 is 2.53 bits per heavy atom. The minimum Gasteiger partial charge on any atom is -0.494 e. The van der Waals surface area contributed by atoms with Crippen molar-refractivity contribution in [2.24, 2.45) is 0 Å². The van der Waals surface area contributed by atoms with Crippen LogP contribution < -0.4 is 4.74 Å². The van der Waals surface area contributed by atoms with E-state index in [1.54, 1.807) is 6.08 Å². The smallest absolute Gasteiger partial charge is 0.313 e. The third-order valence-corrected chi connectivity index (χ3v) is 2.48. The van der Waals surface area contributed by atoms with Gasteiger partial charge in [-0.2, -0.15) is 0 Å². The highest BCUT2D eigenvalue weighted by atomic mass is 16.5. The number of methoxy groups -OCH3 is 1. The highest BCUT2D eigenvalue weighted by Crippen LogP contribution is 2.24. The van der Waals surface area contributed by atoms with Crippen LogP contribution in [0.2, 0.25) is 0 Å². The molecule has 0 aliphatic rings. The molecular weight excluding hydrogens is 216 g/mol. The van der Waals surface area contributed by atoms with Crippen molar-refractivity contribution in [3.8, 4) is 5.75 Å². The van der Waals surface area contributed by atoms with Crippen molar-refractivity contribution in [1.82, 2.24) is 0 Å². The number of carbonyl (C=O) groups excluding carboxylic acids is 1. The first-order valence-electron chi connectivity index (χ1n) is 5.64. The average Bonchev–Trinajstić information content (AvgIpc) is 2.37. The van der Waals surface area contributed by atoms with Gasteiger partial charge in [0.15, 0.2) is 0 Å². The summed E-state index contributed by atoms with van der Waals surface area (Å²) in [5.41, 5.74) is 0.917. The van der Waals surface area contributed by atoms with Gasteiger partial charge in [-0.15, -0.1) is 6.58 Å². The molecule has 0 heterocycles. The Morgan fingerprint density at radius 1 is 1.41 bits per heavy atom. The lowest BCUT2D eigenvalue weighted by atomic mass is 9.96. The number of hydrogen-bond donors (Lipinski definition) is 0. The molecule has 17 heavy (non-hydrogen) atoms. The maximum Gasteiger partial charge on any atom is 0.313 e. The standard InChI is InChI=1S/C14H18O3/c1-4-6-13(14(15)16-3)11-7-9-12(10-8-11)17-5-2/h4,7-10,13H,1,5-6H2,2-3H3. The van der Waals surface area contributed by atoms with Crippen molar-refractivity contribution in [1.29, 1.82) is 0 Å². The summed E-state index contributed by atoms with van der Waals surface area (Å²) in [6.07, 6.45) is 2.29. The molecule has 3 heteroatoms. The zero-order valence-corrected chi connectivity index (χ0v) is 10.3. The van der Waals surface area contributed by atoms with Crippen molar-refractivity contribution in [2.45, 2.75) is 19.3 Å². The van der Waals surface area contributed by atoms with Gasteiger partial charge in [-0.1, -0.05) is 18.2 Å². The highest BCUT2D eigenvalue weighted by Gasteiger charge is 2.19. The molecule has 0 saturated heterocycles. The van der Waals surface area contributed by atoms with Crippen LogP contribution in [0.25, 0.3) is 0 Å². The van der Waals surface area contributed by atoms with Crippen LogP contribution in [0.5, 0.6) is 5.75 Å². The van der Waals surface area contributed by atoms with Gasteiger partial charge in [0.25, 0.3) is 0 Å². The molecule has 0 N–H and O–H groups in total. The molecule has 1 aromatic carbocycles. The van der Waals surface area contributed by atoms with E-state index in [2.05, 4.69) is 6.58 Å². The second-order valence-corrected chi connectivity index (χ2v) is 3.60. The predicted molar refractivity (Wildman–Crippen MR) is 67.2 cm³/mol. The normalized spacial score (nSPS) is 11.6. The van der Waals surface area contributed by atoms with Gasteiger partial charge in [-0.05, 0) is 31.0 Å². The SMILES string of the molecule is C=CCC(C(=O)OC)c1ccc(OCC)cc1. The summed E-state index contributed by atoms with van der Waals surface area (Å²) < 4.78 is 10.1. The Bertz CT molecular complexity index is 368. The fraction of sp³-hybridized carbons (Fsp3) is 0.357. The summed E-state index contributed by atoms with van der Waals surface area (Å²) in [5.74, 6) is 0.278. The van der Waals surface area contributed by atoms with Crippen molar-refractivity contribution in [2.75, 3.05) is 13.7 Å². The average molecular weight is 234 g/mol. The highest BCUT2D eigenvalue weighted by molar-refractivity contribution is 5.78. The lowest BCUT2D eigenvalue weighted by Crippen LogP contribution is -2.13. The Morgan fingerprint density at radius 2 is 2.06 bits per heavy atom. The van der Waals surface area contributed by atoms with Crippen molar-refractivity contribution >= 4 is 5.97 Å². The van der Waals surface area contributed by atoms with E-state index in [-0.39, 0.29) is 11.9 Å². The first-order chi connectivity index (χ1) is 8.22. The number of carbonyl (C=O) groups is 1. The van der Waals surface area contributed by atoms with Gasteiger partial charge in [-0.25, -0.2) is 0 Å². The Balaban J connectivity index is 2.86. The second kappa shape index (κ2) is 6.74. The number of rotatable bonds is 6. The maximum absolute atomic E-state index is 11.6. The fourth-order valence-corrected chi connectivity index (χ4v) is 1.64. The molecule has 1 atom stereocenters. The number of ether oxygens (including phenoxy) is 2. The van der Waals surface area contributed by atoms with Crippen LogP contribution in [0.15, 0.2) is 36.9 Å². The molecule has 0 bridgehead atoms. The lowest BCUT2D eigenvalue weighted by molar-refractivity contribution is -0.142. The monoisotopic (exact) mass is 234 g/mol. The number of benzene rings is 1. The minimum absolute atomic E-state index is 0.242. The van der Waals surface area contributed by atoms with Crippen molar-refractivity contribution in [3.05, 3.63) is 42.5 Å². The van der Waals surface area contributed by atoms with E-state index in [9.17, 15) is 4.79 Å². The molecule has 92 valence electrons. The largest absolute Gasteiger partial charge is 0.494 e. The molecule has 0 radical (unpaired) electrons. The van der Waals surface area contributed by atoms with Gasteiger partial charge in [-0.3, -0.25) is 4.79 Å². The van der Waals surface area contributed by atoms with Gasteiger partial charge in [0.1, 0.15) is 5.75 Å². The quantitative estimate of drug-likeness (QED) is 0.561. The van der Waals surface area contributed by atoms with Crippen LogP contribution in [-0.2, 0) is 9.53 Å². The molecule has 1 rings (SSSR count). The van der Waals surface area contributed by atoms with Crippen LogP contribution in [0, 0.1) is 0 Å². The molecule has 1 unspecified atom stereocenters. The molecule has 0 aromatic heterocycles. The van der Waals surface area contributed by atoms with E-state index < -0.39 is 0 Å². The Kier molecular flexibility index (Phi) is 5.27. The number of hydrogen-bond acceptors (Lipinski definition) is 3. The van der Waals surface area contributed by atoms with E-state index in [0.29, 0.717) is 13.0 Å². The summed E-state index contributed by atoms with van der Waals surface area (Å²) >= 11 is 0. The Hall–Kier alpha value is -1.77. The van der Waals surface area contributed by atoms with Gasteiger partial charge >= 0.3 is 5.97 Å². The van der Waals surface area contributed by atoms with E-state index in [0.717, 1.165) is 11.3 Å². The summed E-state index contributed by atoms with van der Waals surface area (Å²) in [7, 11) is 1.40. The van der Waals surface area contributed by atoms with Crippen LogP contribution in [-0.4, -0.2) is 19.7 Å². The number of esters is 1. The van der Waals surface area contributed by atoms with E-state index >= 15 is 0 Å².